The predicted molar refractivity (Wildman–Crippen MR) is 156 cm³/mol. The minimum absolute atomic E-state index is 0.00865. The topological polar surface area (TPSA) is 162 Å². The van der Waals surface area contributed by atoms with Crippen LogP contribution in [-0.2, 0) is 4.79 Å². The number of nitrogens with one attached hydrogen (secondary N) is 4. The maximum Gasteiger partial charge on any atom is 0.322 e. The first-order valence-corrected chi connectivity index (χ1v) is 13.7. The predicted octanol–water partition coefficient (Wildman–Crippen LogP) is 2.53. The Morgan fingerprint density at radius 2 is 1.91 bits per heavy atom. The Kier molecular flexibility index (Phi) is 8.85. The molecule has 0 unspecified atom stereocenters. The van der Waals surface area contributed by atoms with Crippen molar-refractivity contribution >= 4 is 35.1 Å². The molecule has 0 radical (unpaired) electrons. The average Bonchev–Trinajstić information content (AvgIpc) is 3.45. The van der Waals surface area contributed by atoms with Crippen molar-refractivity contribution in [1.82, 2.24) is 35.2 Å². The van der Waals surface area contributed by atoms with Crippen LogP contribution in [0.1, 0.15) is 15.9 Å². The number of rotatable bonds is 9. The summed E-state index contributed by atoms with van der Waals surface area (Å²) in [6, 6.07) is 6.64. The first kappa shape index (κ1) is 30.2. The van der Waals surface area contributed by atoms with Crippen molar-refractivity contribution in [3.63, 3.8) is 0 Å². The molecule has 3 heterocycles. The molecule has 0 bridgehead atoms. The number of aliphatic carboxylic acids is 1. The van der Waals surface area contributed by atoms with E-state index in [2.05, 4.69) is 31.2 Å². The molecule has 0 spiro atoms. The SMILES string of the molecule is COc1ccc(-c2cnc3c(Nc4ccc(C(=O)NCCNC(=O)N5CCN[C@@H](C(=O)O)C5)c(C)c4)nccn23)c(F)c1F. The summed E-state index contributed by atoms with van der Waals surface area (Å²) in [7, 11) is 1.26. The van der Waals surface area contributed by atoms with E-state index in [0.29, 0.717) is 47.1 Å². The number of urea groups is 1. The second kappa shape index (κ2) is 12.9. The molecule has 1 fully saturated rings. The van der Waals surface area contributed by atoms with Crippen molar-refractivity contribution in [2.75, 3.05) is 45.2 Å². The van der Waals surface area contributed by atoms with Gasteiger partial charge in [0.15, 0.2) is 23.0 Å². The molecule has 0 saturated carbocycles. The number of carbonyl (C=O) groups is 3. The number of anilines is 2. The number of benzene rings is 2. The molecule has 1 aliphatic rings. The summed E-state index contributed by atoms with van der Waals surface area (Å²) in [5, 5.41) is 20.6. The number of halogens is 2. The first-order chi connectivity index (χ1) is 21.2. The number of carboxylic acid groups (broad SMARTS) is 1. The lowest BCUT2D eigenvalue weighted by Gasteiger charge is -2.31. The summed E-state index contributed by atoms with van der Waals surface area (Å²) in [6.07, 6.45) is 4.50. The van der Waals surface area contributed by atoms with Crippen LogP contribution < -0.4 is 26.0 Å². The maximum atomic E-state index is 14.8. The molecule has 5 N–H and O–H groups in total. The molecule has 230 valence electrons. The highest BCUT2D eigenvalue weighted by atomic mass is 19.2. The molecule has 15 heteroatoms. The fraction of sp³-hybridized carbons (Fsp3) is 0.276. The number of amides is 3. The lowest BCUT2D eigenvalue weighted by Crippen LogP contribution is -2.58. The fourth-order valence-electron chi connectivity index (χ4n) is 4.88. The van der Waals surface area contributed by atoms with E-state index >= 15 is 0 Å². The lowest BCUT2D eigenvalue weighted by molar-refractivity contribution is -0.140. The number of carbonyl (C=O) groups excluding carboxylic acids is 2. The molecule has 13 nitrogen and oxygen atoms in total. The van der Waals surface area contributed by atoms with E-state index in [1.165, 1.54) is 36.5 Å². The van der Waals surface area contributed by atoms with Crippen LogP contribution in [0, 0.1) is 18.6 Å². The van der Waals surface area contributed by atoms with E-state index in [0.717, 1.165) is 0 Å². The quantitative estimate of drug-likeness (QED) is 0.180. The van der Waals surface area contributed by atoms with Gasteiger partial charge >= 0.3 is 12.0 Å². The molecule has 2 aromatic heterocycles. The van der Waals surface area contributed by atoms with Crippen LogP contribution in [0.25, 0.3) is 16.9 Å². The molecule has 0 aliphatic carbocycles. The Labute approximate surface area is 250 Å². The number of hydrogen-bond donors (Lipinski definition) is 5. The summed E-state index contributed by atoms with van der Waals surface area (Å²) >= 11 is 0. The van der Waals surface area contributed by atoms with Gasteiger partial charge in [-0.3, -0.25) is 14.0 Å². The number of aryl methyl sites for hydroxylation is 1. The van der Waals surface area contributed by atoms with Crippen molar-refractivity contribution in [1.29, 1.82) is 0 Å². The van der Waals surface area contributed by atoms with E-state index in [9.17, 15) is 23.2 Å². The fourth-order valence-corrected chi connectivity index (χ4v) is 4.88. The van der Waals surface area contributed by atoms with Gasteiger partial charge in [-0.15, -0.1) is 0 Å². The number of ether oxygens (including phenoxy) is 1. The van der Waals surface area contributed by atoms with Gasteiger partial charge in [0, 0.05) is 61.9 Å². The molecule has 5 rings (SSSR count). The standard InChI is InChI=1S/C29H30F2N8O5/c1-16-13-17(3-4-18(16)27(40)34-7-8-35-29(43)38-11-9-32-20(15-38)28(41)42)37-25-26-36-14-21(39(26)12-10-33-25)19-5-6-22(44-2)24(31)23(19)30/h3-6,10,12-14,20,32H,7-9,11,15H2,1-2H3,(H,33,37)(H,34,40)(H,35,43)(H,41,42)/t20-/m1/s1. The van der Waals surface area contributed by atoms with Gasteiger partial charge in [-0.1, -0.05) is 0 Å². The van der Waals surface area contributed by atoms with Crippen molar-refractivity contribution in [3.05, 3.63) is 71.7 Å². The van der Waals surface area contributed by atoms with E-state index in [1.807, 2.05) is 0 Å². The van der Waals surface area contributed by atoms with Crippen LogP contribution in [0.2, 0.25) is 0 Å². The molecule has 44 heavy (non-hydrogen) atoms. The van der Waals surface area contributed by atoms with Gasteiger partial charge in [-0.2, -0.15) is 4.39 Å². The highest BCUT2D eigenvalue weighted by Gasteiger charge is 2.27. The second-order valence-electron chi connectivity index (χ2n) is 9.99. The van der Waals surface area contributed by atoms with Gasteiger partial charge in [0.25, 0.3) is 5.91 Å². The number of hydrogen-bond acceptors (Lipinski definition) is 8. The first-order valence-electron chi connectivity index (χ1n) is 13.7. The van der Waals surface area contributed by atoms with E-state index in [1.54, 1.807) is 35.7 Å². The highest BCUT2D eigenvalue weighted by Crippen LogP contribution is 2.31. The molecule has 1 atom stereocenters. The molecular weight excluding hydrogens is 578 g/mol. The summed E-state index contributed by atoms with van der Waals surface area (Å²) in [5.41, 5.74) is 2.42. The van der Waals surface area contributed by atoms with Gasteiger partial charge in [0.05, 0.1) is 19.0 Å². The Hall–Kier alpha value is -5.31. The normalized spacial score (nSPS) is 14.7. The number of fused-ring (bicyclic) bond motifs is 1. The van der Waals surface area contributed by atoms with Gasteiger partial charge in [-0.25, -0.2) is 19.2 Å². The number of carboxylic acids is 1. The zero-order valence-electron chi connectivity index (χ0n) is 23.9. The Morgan fingerprint density at radius 3 is 2.66 bits per heavy atom. The minimum Gasteiger partial charge on any atom is -0.494 e. The van der Waals surface area contributed by atoms with Crippen LogP contribution >= 0.6 is 0 Å². The van der Waals surface area contributed by atoms with Gasteiger partial charge < -0.3 is 36.0 Å². The summed E-state index contributed by atoms with van der Waals surface area (Å²) in [4.78, 5) is 46.4. The Balaban J connectivity index is 1.20. The number of nitrogens with zero attached hydrogens (tertiary/aromatic N) is 4. The second-order valence-corrected chi connectivity index (χ2v) is 9.99. The van der Waals surface area contributed by atoms with Gasteiger partial charge in [0.1, 0.15) is 6.04 Å². The summed E-state index contributed by atoms with van der Waals surface area (Å²) in [6.45, 7) is 2.93. The molecule has 2 aromatic carbocycles. The van der Waals surface area contributed by atoms with Gasteiger partial charge in [-0.05, 0) is 42.8 Å². The largest absolute Gasteiger partial charge is 0.494 e. The van der Waals surface area contributed by atoms with E-state index < -0.39 is 29.7 Å². The van der Waals surface area contributed by atoms with E-state index in [4.69, 9.17) is 9.84 Å². The molecule has 4 aromatic rings. The monoisotopic (exact) mass is 608 g/mol. The third kappa shape index (κ3) is 6.22. The van der Waals surface area contributed by atoms with Crippen LogP contribution in [0.3, 0.4) is 0 Å². The zero-order valence-corrected chi connectivity index (χ0v) is 23.9. The average molecular weight is 609 g/mol. The van der Waals surface area contributed by atoms with Crippen LogP contribution in [0.5, 0.6) is 5.75 Å². The van der Waals surface area contributed by atoms with Crippen LogP contribution in [0.15, 0.2) is 48.9 Å². The van der Waals surface area contributed by atoms with E-state index in [-0.39, 0.29) is 36.9 Å². The third-order valence-corrected chi connectivity index (χ3v) is 7.15. The number of piperazine rings is 1. The maximum absolute atomic E-state index is 14.8. The molecule has 1 aliphatic heterocycles. The smallest absolute Gasteiger partial charge is 0.322 e. The summed E-state index contributed by atoms with van der Waals surface area (Å²) < 4.78 is 35.6. The van der Waals surface area contributed by atoms with Crippen molar-refractivity contribution in [3.8, 4) is 17.0 Å². The Bertz CT molecular complexity index is 1730. The minimum atomic E-state index is -1.09. The highest BCUT2D eigenvalue weighted by molar-refractivity contribution is 5.96. The molecule has 1 saturated heterocycles. The van der Waals surface area contributed by atoms with Crippen molar-refractivity contribution in [2.45, 2.75) is 13.0 Å². The number of methoxy groups -OCH3 is 1. The number of imidazole rings is 1. The Morgan fingerprint density at radius 1 is 1.11 bits per heavy atom. The van der Waals surface area contributed by atoms with Crippen LogP contribution in [-0.4, -0.2) is 88.2 Å². The van der Waals surface area contributed by atoms with Crippen molar-refractivity contribution < 1.29 is 33.0 Å². The number of aromatic nitrogens is 3. The van der Waals surface area contributed by atoms with Crippen molar-refractivity contribution in [2.24, 2.45) is 0 Å². The summed E-state index contributed by atoms with van der Waals surface area (Å²) in [5.74, 6) is -3.34. The third-order valence-electron chi connectivity index (χ3n) is 7.15. The zero-order chi connectivity index (χ0) is 31.4. The molecular formula is C29H30F2N8O5. The molecule has 3 amide bonds. The van der Waals surface area contributed by atoms with Crippen LogP contribution in [0.4, 0.5) is 25.1 Å². The lowest BCUT2D eigenvalue weighted by atomic mass is 10.1. The van der Waals surface area contributed by atoms with Gasteiger partial charge in [0.2, 0.25) is 5.82 Å².